The molecule has 0 bridgehead atoms. The monoisotopic (exact) mass is 212 g/mol. The molecule has 2 atom stereocenters. The van der Waals surface area contributed by atoms with Crippen molar-refractivity contribution in [3.8, 4) is 0 Å². The highest BCUT2D eigenvalue weighted by Gasteiger charge is 2.26. The summed E-state index contributed by atoms with van der Waals surface area (Å²) in [6.45, 7) is 5.04. The summed E-state index contributed by atoms with van der Waals surface area (Å²) in [7, 11) is 0. The van der Waals surface area contributed by atoms with E-state index >= 15 is 0 Å². The molecule has 3 heteroatoms. The summed E-state index contributed by atoms with van der Waals surface area (Å²) in [6, 6.07) is 0.134. The van der Waals surface area contributed by atoms with Gasteiger partial charge in [0.2, 0.25) is 5.91 Å². The van der Waals surface area contributed by atoms with E-state index in [1.165, 1.54) is 12.8 Å². The van der Waals surface area contributed by atoms with E-state index in [0.717, 1.165) is 32.2 Å². The Hall–Kier alpha value is -0.570. The second-order valence-electron chi connectivity index (χ2n) is 4.46. The first-order chi connectivity index (χ1) is 7.20. The topological polar surface area (TPSA) is 46.3 Å². The van der Waals surface area contributed by atoms with Crippen LogP contribution in [0.4, 0.5) is 0 Å². The second-order valence-corrected chi connectivity index (χ2v) is 4.46. The van der Waals surface area contributed by atoms with E-state index in [2.05, 4.69) is 6.92 Å². The van der Waals surface area contributed by atoms with Crippen LogP contribution in [-0.4, -0.2) is 29.4 Å². The zero-order chi connectivity index (χ0) is 11.3. The van der Waals surface area contributed by atoms with Crippen molar-refractivity contribution in [2.75, 3.05) is 6.54 Å². The predicted octanol–water partition coefficient (Wildman–Crippen LogP) is 1.90. The molecule has 2 N–H and O–H groups in total. The van der Waals surface area contributed by atoms with Gasteiger partial charge in [-0.1, -0.05) is 26.7 Å². The molecule has 3 nitrogen and oxygen atoms in total. The Labute approximate surface area is 93.0 Å². The van der Waals surface area contributed by atoms with Crippen LogP contribution in [0.2, 0.25) is 0 Å². The molecule has 1 aliphatic heterocycles. The molecule has 1 fully saturated rings. The van der Waals surface area contributed by atoms with Gasteiger partial charge in [-0.25, -0.2) is 0 Å². The van der Waals surface area contributed by atoms with Crippen LogP contribution in [0.25, 0.3) is 0 Å². The van der Waals surface area contributed by atoms with E-state index in [0.29, 0.717) is 6.04 Å². The van der Waals surface area contributed by atoms with Gasteiger partial charge < -0.3 is 10.6 Å². The number of likely N-dealkylation sites (tertiary alicyclic amines) is 1. The molecule has 1 rings (SSSR count). The van der Waals surface area contributed by atoms with Gasteiger partial charge in [-0.2, -0.15) is 0 Å². The average molecular weight is 212 g/mol. The maximum Gasteiger partial charge on any atom is 0.239 e. The van der Waals surface area contributed by atoms with E-state index in [4.69, 9.17) is 5.73 Å². The molecule has 15 heavy (non-hydrogen) atoms. The van der Waals surface area contributed by atoms with Crippen LogP contribution in [0.1, 0.15) is 52.4 Å². The quantitative estimate of drug-likeness (QED) is 0.776. The highest BCUT2D eigenvalue weighted by Crippen LogP contribution is 2.19. The maximum atomic E-state index is 12.1. The lowest BCUT2D eigenvalue weighted by atomic mass is 10.1. The smallest absolute Gasteiger partial charge is 0.239 e. The van der Waals surface area contributed by atoms with E-state index in [1.807, 2.05) is 11.8 Å². The highest BCUT2D eigenvalue weighted by molar-refractivity contribution is 5.81. The van der Waals surface area contributed by atoms with Crippen molar-refractivity contribution in [2.24, 2.45) is 5.73 Å². The lowest BCUT2D eigenvalue weighted by molar-refractivity contribution is -0.135. The molecular formula is C12H24N2O. The Balaban J connectivity index is 2.65. The summed E-state index contributed by atoms with van der Waals surface area (Å²) in [6.07, 6.45) is 6.59. The fourth-order valence-corrected chi connectivity index (χ4v) is 2.28. The van der Waals surface area contributed by atoms with Crippen LogP contribution in [-0.2, 0) is 4.79 Å². The van der Waals surface area contributed by atoms with Gasteiger partial charge in [0.05, 0.1) is 6.04 Å². The van der Waals surface area contributed by atoms with Crippen molar-refractivity contribution in [1.29, 1.82) is 0 Å². The van der Waals surface area contributed by atoms with Gasteiger partial charge >= 0.3 is 0 Å². The molecule has 1 unspecified atom stereocenters. The Morgan fingerprint density at radius 3 is 2.73 bits per heavy atom. The third-order valence-corrected chi connectivity index (χ3v) is 3.39. The molecule has 1 saturated heterocycles. The fraction of sp³-hybridized carbons (Fsp3) is 0.917. The number of amides is 1. The van der Waals surface area contributed by atoms with Gasteiger partial charge in [0.25, 0.3) is 0 Å². The molecule has 88 valence electrons. The summed E-state index contributed by atoms with van der Waals surface area (Å²) < 4.78 is 0. The van der Waals surface area contributed by atoms with Crippen molar-refractivity contribution in [3.05, 3.63) is 0 Å². The normalized spacial score (nSPS) is 24.7. The molecule has 0 aliphatic carbocycles. The Kier molecular flexibility index (Phi) is 5.09. The summed E-state index contributed by atoms with van der Waals surface area (Å²) in [5.41, 5.74) is 5.82. The number of rotatable bonds is 3. The van der Waals surface area contributed by atoms with E-state index in [9.17, 15) is 4.79 Å². The van der Waals surface area contributed by atoms with Crippen molar-refractivity contribution in [2.45, 2.75) is 64.5 Å². The SMILES string of the molecule is CCC1CCCCCN1C(=O)[C@H](N)CC. The zero-order valence-corrected chi connectivity index (χ0v) is 10.0. The Bertz CT molecular complexity index is 206. The van der Waals surface area contributed by atoms with Crippen LogP contribution in [0.15, 0.2) is 0 Å². The maximum absolute atomic E-state index is 12.1. The van der Waals surface area contributed by atoms with Gasteiger partial charge in [0, 0.05) is 12.6 Å². The van der Waals surface area contributed by atoms with E-state index in [-0.39, 0.29) is 11.9 Å². The van der Waals surface area contributed by atoms with Gasteiger partial charge in [-0.15, -0.1) is 0 Å². The standard InChI is InChI=1S/C12H24N2O/c1-3-10-8-6-5-7-9-14(10)12(15)11(13)4-2/h10-11H,3-9,13H2,1-2H3/t10?,11-/m1/s1. The van der Waals surface area contributed by atoms with Gasteiger partial charge in [0.15, 0.2) is 0 Å². The molecule has 0 aromatic heterocycles. The molecular weight excluding hydrogens is 188 g/mol. The van der Waals surface area contributed by atoms with Gasteiger partial charge in [0.1, 0.15) is 0 Å². The highest BCUT2D eigenvalue weighted by atomic mass is 16.2. The second kappa shape index (κ2) is 6.11. The molecule has 0 aromatic carbocycles. The number of hydrogen-bond acceptors (Lipinski definition) is 2. The number of hydrogen-bond donors (Lipinski definition) is 1. The average Bonchev–Trinajstić information content (AvgIpc) is 2.51. The van der Waals surface area contributed by atoms with E-state index in [1.54, 1.807) is 0 Å². The molecule has 0 radical (unpaired) electrons. The molecule has 0 aromatic rings. The number of carbonyl (C=O) groups excluding carboxylic acids is 1. The van der Waals surface area contributed by atoms with Gasteiger partial charge in [-0.05, 0) is 25.7 Å². The van der Waals surface area contributed by atoms with Crippen molar-refractivity contribution >= 4 is 5.91 Å². The van der Waals surface area contributed by atoms with Gasteiger partial charge in [-0.3, -0.25) is 4.79 Å². The fourth-order valence-electron chi connectivity index (χ4n) is 2.28. The largest absolute Gasteiger partial charge is 0.338 e. The van der Waals surface area contributed by atoms with Crippen LogP contribution < -0.4 is 5.73 Å². The summed E-state index contributed by atoms with van der Waals surface area (Å²) >= 11 is 0. The minimum atomic E-state index is -0.294. The first-order valence-electron chi connectivity index (χ1n) is 6.26. The zero-order valence-electron chi connectivity index (χ0n) is 10.0. The minimum absolute atomic E-state index is 0.159. The van der Waals surface area contributed by atoms with Crippen LogP contribution >= 0.6 is 0 Å². The van der Waals surface area contributed by atoms with Crippen molar-refractivity contribution in [1.82, 2.24) is 4.90 Å². The lowest BCUT2D eigenvalue weighted by Gasteiger charge is -2.31. The number of nitrogens with two attached hydrogens (primary N) is 1. The minimum Gasteiger partial charge on any atom is -0.338 e. The van der Waals surface area contributed by atoms with Crippen LogP contribution in [0.5, 0.6) is 0 Å². The Morgan fingerprint density at radius 1 is 1.40 bits per heavy atom. The lowest BCUT2D eigenvalue weighted by Crippen LogP contribution is -2.48. The predicted molar refractivity (Wildman–Crippen MR) is 62.5 cm³/mol. The van der Waals surface area contributed by atoms with Crippen molar-refractivity contribution in [3.63, 3.8) is 0 Å². The summed E-state index contributed by atoms with van der Waals surface area (Å²) in [5.74, 6) is 0.159. The Morgan fingerprint density at radius 2 is 2.13 bits per heavy atom. The molecule has 1 heterocycles. The van der Waals surface area contributed by atoms with Crippen molar-refractivity contribution < 1.29 is 4.79 Å². The first kappa shape index (κ1) is 12.5. The first-order valence-corrected chi connectivity index (χ1v) is 6.26. The van der Waals surface area contributed by atoms with Crippen LogP contribution in [0.3, 0.4) is 0 Å². The van der Waals surface area contributed by atoms with Crippen LogP contribution in [0, 0.1) is 0 Å². The third-order valence-electron chi connectivity index (χ3n) is 3.39. The number of carbonyl (C=O) groups is 1. The summed E-state index contributed by atoms with van der Waals surface area (Å²) in [4.78, 5) is 14.1. The molecule has 1 aliphatic rings. The third kappa shape index (κ3) is 3.20. The molecule has 0 saturated carbocycles. The van der Waals surface area contributed by atoms with E-state index < -0.39 is 0 Å². The number of nitrogens with zero attached hydrogens (tertiary/aromatic N) is 1. The summed E-state index contributed by atoms with van der Waals surface area (Å²) in [5, 5.41) is 0. The molecule has 1 amide bonds. The molecule has 0 spiro atoms.